The molecular weight excluding hydrogens is 362 g/mol. The molecule has 0 spiro atoms. The number of carboxylic acid groups (broad SMARTS) is 1. The van der Waals surface area contributed by atoms with Crippen LogP contribution in [0.1, 0.15) is 5.56 Å². The molecule has 0 aromatic heterocycles. The lowest BCUT2D eigenvalue weighted by molar-refractivity contribution is -0.308. The van der Waals surface area contributed by atoms with Crippen LogP contribution in [0, 0.1) is 0 Å². The summed E-state index contributed by atoms with van der Waals surface area (Å²) in [5, 5.41) is 13.6. The van der Waals surface area contributed by atoms with Crippen LogP contribution in [0.5, 0.6) is 5.75 Å². The number of benzene rings is 2. The summed E-state index contributed by atoms with van der Waals surface area (Å²) in [6, 6.07) is 14.9. The standard InChI is InChI=1S/C17H16BrNO4/c18-13-6-8-14(9-7-13)23-11-16(20)19-15(17(21)22)10-12-4-2-1-3-5-12/h1-9,15H,10-11H2,(H,19,20)(H,21,22)/p-1/t15-/m0/s1. The molecule has 1 atom stereocenters. The molecule has 0 radical (unpaired) electrons. The van der Waals surface area contributed by atoms with Gasteiger partial charge in [0.25, 0.3) is 5.91 Å². The van der Waals surface area contributed by atoms with Crippen molar-refractivity contribution in [3.63, 3.8) is 0 Å². The fourth-order valence-corrected chi connectivity index (χ4v) is 2.22. The van der Waals surface area contributed by atoms with Crippen LogP contribution >= 0.6 is 15.9 Å². The minimum atomic E-state index is -1.33. The molecule has 0 aliphatic carbocycles. The van der Waals surface area contributed by atoms with Crippen molar-refractivity contribution in [2.45, 2.75) is 12.5 Å². The maximum absolute atomic E-state index is 11.9. The van der Waals surface area contributed by atoms with Crippen LogP contribution < -0.4 is 15.2 Å². The summed E-state index contributed by atoms with van der Waals surface area (Å²) >= 11 is 3.30. The average molecular weight is 377 g/mol. The molecule has 6 heteroatoms. The Balaban J connectivity index is 1.88. The SMILES string of the molecule is O=C(COc1ccc(Br)cc1)N[C@@H](Cc1ccccc1)C(=O)[O-]. The number of carbonyl (C=O) groups is 2. The Morgan fingerprint density at radius 3 is 2.35 bits per heavy atom. The van der Waals surface area contributed by atoms with Crippen molar-refractivity contribution < 1.29 is 19.4 Å². The van der Waals surface area contributed by atoms with E-state index < -0.39 is 17.9 Å². The molecule has 23 heavy (non-hydrogen) atoms. The lowest BCUT2D eigenvalue weighted by Crippen LogP contribution is -2.50. The third kappa shape index (κ3) is 5.75. The van der Waals surface area contributed by atoms with Crippen LogP contribution in [-0.2, 0) is 16.0 Å². The van der Waals surface area contributed by atoms with Gasteiger partial charge >= 0.3 is 0 Å². The minimum absolute atomic E-state index is 0.160. The first-order valence-corrected chi connectivity index (χ1v) is 7.76. The molecule has 0 aliphatic rings. The zero-order chi connectivity index (χ0) is 16.7. The Morgan fingerprint density at radius 1 is 1.09 bits per heavy atom. The van der Waals surface area contributed by atoms with Crippen LogP contribution in [0.25, 0.3) is 0 Å². The first-order valence-electron chi connectivity index (χ1n) is 6.97. The highest BCUT2D eigenvalue weighted by molar-refractivity contribution is 9.10. The monoisotopic (exact) mass is 376 g/mol. The Hall–Kier alpha value is -2.34. The molecule has 0 saturated carbocycles. The third-order valence-corrected chi connectivity index (χ3v) is 3.61. The average Bonchev–Trinajstić information content (AvgIpc) is 2.54. The number of carboxylic acids is 1. The molecule has 1 amide bonds. The molecule has 0 bridgehead atoms. The van der Waals surface area contributed by atoms with Crippen molar-refractivity contribution in [1.82, 2.24) is 5.32 Å². The van der Waals surface area contributed by atoms with Gasteiger partial charge in [0.2, 0.25) is 0 Å². The Morgan fingerprint density at radius 2 is 1.74 bits per heavy atom. The molecule has 120 valence electrons. The molecule has 2 rings (SSSR count). The van der Waals surface area contributed by atoms with E-state index in [4.69, 9.17) is 4.74 Å². The van der Waals surface area contributed by atoms with Crippen molar-refractivity contribution in [2.24, 2.45) is 0 Å². The molecule has 5 nitrogen and oxygen atoms in total. The molecule has 0 heterocycles. The summed E-state index contributed by atoms with van der Waals surface area (Å²) in [4.78, 5) is 23.0. The molecular formula is C17H15BrNO4-. The van der Waals surface area contributed by atoms with Gasteiger partial charge < -0.3 is 20.0 Å². The first kappa shape index (κ1) is 17.0. The maximum atomic E-state index is 11.9. The van der Waals surface area contributed by atoms with E-state index in [2.05, 4.69) is 21.2 Å². The molecule has 0 aliphatic heterocycles. The van der Waals surface area contributed by atoms with Crippen molar-refractivity contribution >= 4 is 27.8 Å². The fraction of sp³-hybridized carbons (Fsp3) is 0.176. The summed E-state index contributed by atoms with van der Waals surface area (Å²) in [6.07, 6.45) is 0.160. The second kappa shape index (κ2) is 8.33. The number of hydrogen-bond donors (Lipinski definition) is 1. The van der Waals surface area contributed by atoms with Crippen molar-refractivity contribution in [1.29, 1.82) is 0 Å². The van der Waals surface area contributed by atoms with E-state index in [1.807, 2.05) is 6.07 Å². The highest BCUT2D eigenvalue weighted by Gasteiger charge is 2.14. The molecule has 0 unspecified atom stereocenters. The van der Waals surface area contributed by atoms with Gasteiger partial charge in [-0.2, -0.15) is 0 Å². The number of nitrogens with one attached hydrogen (secondary N) is 1. The lowest BCUT2D eigenvalue weighted by Gasteiger charge is -2.20. The van der Waals surface area contributed by atoms with Gasteiger partial charge in [0.05, 0.1) is 12.0 Å². The van der Waals surface area contributed by atoms with Gasteiger partial charge in [0.1, 0.15) is 5.75 Å². The quantitative estimate of drug-likeness (QED) is 0.789. The van der Waals surface area contributed by atoms with Gasteiger partial charge in [-0.15, -0.1) is 0 Å². The normalized spacial score (nSPS) is 11.5. The predicted octanol–water partition coefficient (Wildman–Crippen LogP) is 1.31. The minimum Gasteiger partial charge on any atom is -0.548 e. The number of amides is 1. The molecule has 2 aromatic carbocycles. The highest BCUT2D eigenvalue weighted by atomic mass is 79.9. The van der Waals surface area contributed by atoms with Gasteiger partial charge in [0.15, 0.2) is 6.61 Å². The second-order valence-corrected chi connectivity index (χ2v) is 5.79. The second-order valence-electron chi connectivity index (χ2n) is 4.87. The molecule has 2 aromatic rings. The summed E-state index contributed by atoms with van der Waals surface area (Å²) in [6.45, 7) is -0.264. The van der Waals surface area contributed by atoms with Crippen molar-refractivity contribution in [3.8, 4) is 5.75 Å². The van der Waals surface area contributed by atoms with Crippen molar-refractivity contribution in [2.75, 3.05) is 6.61 Å². The summed E-state index contributed by atoms with van der Waals surface area (Å²) in [5.74, 6) is -1.32. The van der Waals surface area contributed by atoms with E-state index >= 15 is 0 Å². The van der Waals surface area contributed by atoms with Gasteiger partial charge in [-0.3, -0.25) is 4.79 Å². The Bertz CT molecular complexity index is 658. The largest absolute Gasteiger partial charge is 0.548 e. The predicted molar refractivity (Wildman–Crippen MR) is 86.7 cm³/mol. The van der Waals surface area contributed by atoms with Crippen LogP contribution in [0.2, 0.25) is 0 Å². The third-order valence-electron chi connectivity index (χ3n) is 3.09. The van der Waals surface area contributed by atoms with Gasteiger partial charge in [-0.25, -0.2) is 0 Å². The van der Waals surface area contributed by atoms with Crippen LogP contribution in [0.15, 0.2) is 59.1 Å². The van der Waals surface area contributed by atoms with Gasteiger partial charge in [-0.1, -0.05) is 46.3 Å². The smallest absolute Gasteiger partial charge is 0.258 e. The molecule has 0 fully saturated rings. The maximum Gasteiger partial charge on any atom is 0.258 e. The number of ether oxygens (including phenoxy) is 1. The van der Waals surface area contributed by atoms with Crippen LogP contribution in [0.3, 0.4) is 0 Å². The van der Waals surface area contributed by atoms with Gasteiger partial charge in [0, 0.05) is 4.47 Å². The zero-order valence-electron chi connectivity index (χ0n) is 12.2. The fourth-order valence-electron chi connectivity index (χ4n) is 1.96. The number of halogens is 1. The first-order chi connectivity index (χ1) is 11.0. The van der Waals surface area contributed by atoms with Gasteiger partial charge in [-0.05, 0) is 36.2 Å². The van der Waals surface area contributed by atoms with Crippen LogP contribution in [-0.4, -0.2) is 24.5 Å². The number of rotatable bonds is 7. The van der Waals surface area contributed by atoms with Crippen LogP contribution in [0.4, 0.5) is 0 Å². The number of carbonyl (C=O) groups excluding carboxylic acids is 2. The summed E-state index contributed by atoms with van der Waals surface area (Å²) < 4.78 is 6.20. The summed E-state index contributed by atoms with van der Waals surface area (Å²) in [7, 11) is 0. The Kier molecular flexibility index (Phi) is 6.17. The van der Waals surface area contributed by atoms with Crippen molar-refractivity contribution in [3.05, 3.63) is 64.6 Å². The molecule has 1 N–H and O–H groups in total. The number of hydrogen-bond acceptors (Lipinski definition) is 4. The Labute approximate surface area is 142 Å². The van der Waals surface area contributed by atoms with E-state index in [0.29, 0.717) is 5.75 Å². The molecule has 0 saturated heterocycles. The van der Waals surface area contributed by atoms with E-state index in [0.717, 1.165) is 10.0 Å². The van der Waals surface area contributed by atoms with E-state index in [1.165, 1.54) is 0 Å². The summed E-state index contributed by atoms with van der Waals surface area (Å²) in [5.41, 5.74) is 0.802. The van der Waals surface area contributed by atoms with E-state index in [-0.39, 0.29) is 13.0 Å². The zero-order valence-corrected chi connectivity index (χ0v) is 13.8. The topological polar surface area (TPSA) is 78.5 Å². The number of aliphatic carboxylic acids is 1. The van der Waals surface area contributed by atoms with E-state index in [9.17, 15) is 14.7 Å². The lowest BCUT2D eigenvalue weighted by atomic mass is 10.1. The highest BCUT2D eigenvalue weighted by Crippen LogP contribution is 2.15. The van der Waals surface area contributed by atoms with E-state index in [1.54, 1.807) is 48.5 Å².